The molecule has 94 valence electrons. The van der Waals surface area contributed by atoms with E-state index in [0.717, 1.165) is 5.82 Å². The maximum absolute atomic E-state index is 13.2. The molecule has 6 heteroatoms. The molecular formula is C12H11ClFN3O. The van der Waals surface area contributed by atoms with Gasteiger partial charge in [-0.1, -0.05) is 17.7 Å². The van der Waals surface area contributed by atoms with Gasteiger partial charge in [0.1, 0.15) is 11.6 Å². The topological polar surface area (TPSA) is 57.8 Å². The smallest absolute Gasteiger partial charge is 0.252 e. The van der Waals surface area contributed by atoms with Gasteiger partial charge in [-0.25, -0.2) is 9.37 Å². The first-order valence-electron chi connectivity index (χ1n) is 5.39. The van der Waals surface area contributed by atoms with Crippen LogP contribution in [-0.2, 0) is 6.42 Å². The summed E-state index contributed by atoms with van der Waals surface area (Å²) < 4.78 is 13.2. The first kappa shape index (κ1) is 12.6. The number of carbonyl (C=O) groups excluding carboxylic acids is 1. The lowest BCUT2D eigenvalue weighted by molar-refractivity contribution is 0.0953. The van der Waals surface area contributed by atoms with Gasteiger partial charge in [-0.2, -0.15) is 0 Å². The zero-order valence-electron chi connectivity index (χ0n) is 9.41. The predicted octanol–water partition coefficient (Wildman–Crippen LogP) is 2.17. The van der Waals surface area contributed by atoms with Crippen molar-refractivity contribution in [2.45, 2.75) is 6.42 Å². The molecular weight excluding hydrogens is 257 g/mol. The predicted molar refractivity (Wildman–Crippen MR) is 66.0 cm³/mol. The largest absolute Gasteiger partial charge is 0.352 e. The fourth-order valence-corrected chi connectivity index (χ4v) is 1.72. The molecule has 0 aliphatic carbocycles. The van der Waals surface area contributed by atoms with Crippen LogP contribution in [0.25, 0.3) is 0 Å². The quantitative estimate of drug-likeness (QED) is 0.892. The maximum Gasteiger partial charge on any atom is 0.252 e. The number of hydrogen-bond acceptors (Lipinski definition) is 2. The highest BCUT2D eigenvalue weighted by Gasteiger charge is 2.12. The Balaban J connectivity index is 1.93. The van der Waals surface area contributed by atoms with Crippen molar-refractivity contribution in [3.8, 4) is 0 Å². The Kier molecular flexibility index (Phi) is 3.94. The minimum Gasteiger partial charge on any atom is -0.352 e. The van der Waals surface area contributed by atoms with E-state index in [9.17, 15) is 9.18 Å². The highest BCUT2D eigenvalue weighted by Crippen LogP contribution is 2.19. The number of amides is 1. The van der Waals surface area contributed by atoms with E-state index in [4.69, 9.17) is 11.6 Å². The highest BCUT2D eigenvalue weighted by atomic mass is 35.5. The third-order valence-electron chi connectivity index (χ3n) is 2.40. The van der Waals surface area contributed by atoms with E-state index in [-0.39, 0.29) is 10.6 Å². The van der Waals surface area contributed by atoms with E-state index in [1.54, 1.807) is 12.4 Å². The van der Waals surface area contributed by atoms with Crippen molar-refractivity contribution >= 4 is 17.5 Å². The standard InChI is InChI=1S/C12H11ClFN3O/c13-11-8(2-1-3-9(11)14)12(18)17-5-4-10-15-6-7-16-10/h1-3,6-7H,4-5H2,(H,15,16)(H,17,18). The molecule has 4 nitrogen and oxygen atoms in total. The van der Waals surface area contributed by atoms with Gasteiger partial charge >= 0.3 is 0 Å². The molecule has 0 radical (unpaired) electrons. The fourth-order valence-electron chi connectivity index (χ4n) is 1.50. The lowest BCUT2D eigenvalue weighted by Crippen LogP contribution is -2.26. The molecule has 0 spiro atoms. The third-order valence-corrected chi connectivity index (χ3v) is 2.78. The number of H-pyrrole nitrogens is 1. The minimum absolute atomic E-state index is 0.135. The summed E-state index contributed by atoms with van der Waals surface area (Å²) in [6.45, 7) is 0.402. The van der Waals surface area contributed by atoms with Gasteiger partial charge in [0.25, 0.3) is 5.91 Å². The zero-order valence-corrected chi connectivity index (χ0v) is 10.2. The molecule has 0 atom stereocenters. The van der Waals surface area contributed by atoms with Crippen LogP contribution < -0.4 is 5.32 Å². The molecule has 1 aromatic carbocycles. The maximum atomic E-state index is 13.2. The molecule has 2 aromatic rings. The van der Waals surface area contributed by atoms with Crippen LogP contribution >= 0.6 is 11.6 Å². The number of benzene rings is 1. The molecule has 1 amide bonds. The van der Waals surface area contributed by atoms with Crippen LogP contribution in [0.5, 0.6) is 0 Å². The van der Waals surface area contributed by atoms with Crippen molar-refractivity contribution in [1.29, 1.82) is 0 Å². The molecule has 0 unspecified atom stereocenters. The third kappa shape index (κ3) is 2.87. The van der Waals surface area contributed by atoms with Gasteiger partial charge < -0.3 is 10.3 Å². The van der Waals surface area contributed by atoms with E-state index in [1.807, 2.05) is 0 Å². The lowest BCUT2D eigenvalue weighted by atomic mass is 10.2. The number of rotatable bonds is 4. The molecule has 0 saturated carbocycles. The zero-order chi connectivity index (χ0) is 13.0. The van der Waals surface area contributed by atoms with E-state index in [0.29, 0.717) is 13.0 Å². The number of nitrogens with zero attached hydrogens (tertiary/aromatic N) is 1. The van der Waals surface area contributed by atoms with Gasteiger partial charge in [-0.3, -0.25) is 4.79 Å². The molecule has 0 aliphatic heterocycles. The van der Waals surface area contributed by atoms with Crippen molar-refractivity contribution < 1.29 is 9.18 Å². The SMILES string of the molecule is O=C(NCCc1ncc[nH]1)c1cccc(F)c1Cl. The van der Waals surface area contributed by atoms with Crippen LogP contribution in [-0.4, -0.2) is 22.4 Å². The molecule has 1 aromatic heterocycles. The average molecular weight is 268 g/mol. The summed E-state index contributed by atoms with van der Waals surface area (Å²) in [7, 11) is 0. The Morgan fingerprint density at radius 1 is 1.50 bits per heavy atom. The summed E-state index contributed by atoms with van der Waals surface area (Å²) in [6.07, 6.45) is 3.92. The molecule has 0 bridgehead atoms. The number of aromatic nitrogens is 2. The van der Waals surface area contributed by atoms with Gasteiger partial charge in [0.2, 0.25) is 0 Å². The number of aromatic amines is 1. The summed E-state index contributed by atoms with van der Waals surface area (Å²) in [4.78, 5) is 18.7. The second kappa shape index (κ2) is 5.64. The Morgan fingerprint density at radius 2 is 2.33 bits per heavy atom. The molecule has 0 saturated heterocycles. The lowest BCUT2D eigenvalue weighted by Gasteiger charge is -2.06. The number of imidazole rings is 1. The van der Waals surface area contributed by atoms with Gasteiger partial charge in [0.15, 0.2) is 0 Å². The highest BCUT2D eigenvalue weighted by molar-refractivity contribution is 6.34. The van der Waals surface area contributed by atoms with Crippen LogP contribution in [0.1, 0.15) is 16.2 Å². The van der Waals surface area contributed by atoms with E-state index < -0.39 is 11.7 Å². The van der Waals surface area contributed by atoms with Crippen LogP contribution in [0.4, 0.5) is 4.39 Å². The summed E-state index contributed by atoms with van der Waals surface area (Å²) in [5.74, 6) is -0.220. The number of halogens is 2. The normalized spacial score (nSPS) is 10.3. The Bertz CT molecular complexity index is 542. The first-order chi connectivity index (χ1) is 8.68. The second-order valence-corrected chi connectivity index (χ2v) is 4.02. The summed E-state index contributed by atoms with van der Waals surface area (Å²) in [5.41, 5.74) is 0.135. The Hall–Kier alpha value is -1.88. The molecule has 0 aliphatic rings. The van der Waals surface area contributed by atoms with E-state index in [1.165, 1.54) is 18.2 Å². The molecule has 0 fully saturated rings. The van der Waals surface area contributed by atoms with Crippen LogP contribution in [0.2, 0.25) is 5.02 Å². The summed E-state index contributed by atoms with van der Waals surface area (Å²) >= 11 is 5.71. The van der Waals surface area contributed by atoms with Crippen molar-refractivity contribution in [3.05, 3.63) is 52.8 Å². The van der Waals surface area contributed by atoms with Crippen LogP contribution in [0.3, 0.4) is 0 Å². The first-order valence-corrected chi connectivity index (χ1v) is 5.76. The Labute approximate surface area is 108 Å². The van der Waals surface area contributed by atoms with Gasteiger partial charge in [0, 0.05) is 25.4 Å². The molecule has 2 rings (SSSR count). The van der Waals surface area contributed by atoms with Gasteiger partial charge in [0.05, 0.1) is 10.6 Å². The summed E-state index contributed by atoms with van der Waals surface area (Å²) in [6, 6.07) is 4.14. The number of hydrogen-bond donors (Lipinski definition) is 2. The van der Waals surface area contributed by atoms with Crippen molar-refractivity contribution in [3.63, 3.8) is 0 Å². The molecule has 2 N–H and O–H groups in total. The van der Waals surface area contributed by atoms with E-state index in [2.05, 4.69) is 15.3 Å². The van der Waals surface area contributed by atoms with Gasteiger partial charge in [-0.05, 0) is 12.1 Å². The monoisotopic (exact) mass is 267 g/mol. The molecule has 18 heavy (non-hydrogen) atoms. The van der Waals surface area contributed by atoms with Crippen molar-refractivity contribution in [2.24, 2.45) is 0 Å². The minimum atomic E-state index is -0.602. The van der Waals surface area contributed by atoms with E-state index >= 15 is 0 Å². The van der Waals surface area contributed by atoms with Gasteiger partial charge in [-0.15, -0.1) is 0 Å². The van der Waals surface area contributed by atoms with Crippen molar-refractivity contribution in [1.82, 2.24) is 15.3 Å². The van der Waals surface area contributed by atoms with Crippen LogP contribution in [0.15, 0.2) is 30.6 Å². The Morgan fingerprint density at radius 3 is 3.06 bits per heavy atom. The van der Waals surface area contributed by atoms with Crippen LogP contribution in [0, 0.1) is 5.82 Å². The number of nitrogens with one attached hydrogen (secondary N) is 2. The average Bonchev–Trinajstić information content (AvgIpc) is 2.85. The molecule has 1 heterocycles. The fraction of sp³-hybridized carbons (Fsp3) is 0.167. The number of carbonyl (C=O) groups is 1. The van der Waals surface area contributed by atoms with Crippen molar-refractivity contribution in [2.75, 3.05) is 6.54 Å². The summed E-state index contributed by atoms with van der Waals surface area (Å²) in [5, 5.41) is 2.50. The second-order valence-electron chi connectivity index (χ2n) is 3.64.